The van der Waals surface area contributed by atoms with E-state index in [1.54, 1.807) is 4.90 Å². The van der Waals surface area contributed by atoms with Gasteiger partial charge in [-0.25, -0.2) is 0 Å². The number of imide groups is 1. The molecule has 0 aliphatic carbocycles. The first-order valence-electron chi connectivity index (χ1n) is 10.3. The molecule has 3 N–H and O–H groups in total. The minimum atomic E-state index is -0.569. The molecule has 7 heteroatoms. The molecule has 1 aromatic carbocycles. The molecule has 3 aliphatic heterocycles. The second kappa shape index (κ2) is 8.01. The van der Waals surface area contributed by atoms with Gasteiger partial charge in [-0.05, 0) is 43.0 Å². The third-order valence-corrected chi connectivity index (χ3v) is 6.12. The lowest BCUT2D eigenvalue weighted by Crippen LogP contribution is -2.52. The van der Waals surface area contributed by atoms with Crippen molar-refractivity contribution in [3.05, 3.63) is 34.9 Å². The maximum atomic E-state index is 12.9. The van der Waals surface area contributed by atoms with Crippen LogP contribution in [0.5, 0.6) is 0 Å². The summed E-state index contributed by atoms with van der Waals surface area (Å²) in [6.45, 7) is 3.08. The van der Waals surface area contributed by atoms with Crippen molar-refractivity contribution in [3.63, 3.8) is 0 Å². The summed E-state index contributed by atoms with van der Waals surface area (Å²) in [7, 11) is 0. The summed E-state index contributed by atoms with van der Waals surface area (Å²) in [5.41, 5.74) is 9.07. The summed E-state index contributed by atoms with van der Waals surface area (Å²) in [5, 5.41) is 2.36. The fourth-order valence-electron chi connectivity index (χ4n) is 4.62. The van der Waals surface area contributed by atoms with Crippen LogP contribution in [0.15, 0.2) is 18.2 Å². The van der Waals surface area contributed by atoms with E-state index in [0.29, 0.717) is 18.5 Å². The number of carbonyl (C=O) groups excluding carboxylic acids is 3. The number of amides is 3. The minimum Gasteiger partial charge on any atom is -0.327 e. The predicted octanol–water partition coefficient (Wildman–Crippen LogP) is 1.15. The highest BCUT2D eigenvalue weighted by Crippen LogP contribution is 2.30. The Labute approximate surface area is 165 Å². The monoisotopic (exact) mass is 384 g/mol. The number of likely N-dealkylation sites (tertiary alicyclic amines) is 1. The molecular formula is C21H28N4O3. The molecule has 150 valence electrons. The van der Waals surface area contributed by atoms with Gasteiger partial charge in [0.25, 0.3) is 5.91 Å². The van der Waals surface area contributed by atoms with E-state index in [-0.39, 0.29) is 30.2 Å². The summed E-state index contributed by atoms with van der Waals surface area (Å²) >= 11 is 0. The van der Waals surface area contributed by atoms with E-state index in [1.807, 2.05) is 12.1 Å². The number of nitrogens with zero attached hydrogens (tertiary/aromatic N) is 2. The fraction of sp³-hybridized carbons (Fsp3) is 0.571. The van der Waals surface area contributed by atoms with Gasteiger partial charge in [0.15, 0.2) is 0 Å². The van der Waals surface area contributed by atoms with Crippen LogP contribution >= 0.6 is 0 Å². The lowest BCUT2D eigenvalue weighted by atomic mass is 10.0. The first-order chi connectivity index (χ1) is 13.5. The second-order valence-corrected chi connectivity index (χ2v) is 8.19. The number of rotatable bonds is 3. The van der Waals surface area contributed by atoms with Crippen LogP contribution in [-0.2, 0) is 22.7 Å². The van der Waals surface area contributed by atoms with E-state index in [1.165, 1.54) is 19.3 Å². The number of nitrogens with two attached hydrogens (primary N) is 1. The van der Waals surface area contributed by atoms with Crippen LogP contribution in [0.1, 0.15) is 60.0 Å². The highest BCUT2D eigenvalue weighted by atomic mass is 16.2. The van der Waals surface area contributed by atoms with Gasteiger partial charge < -0.3 is 10.6 Å². The lowest BCUT2D eigenvalue weighted by Gasteiger charge is -2.30. The van der Waals surface area contributed by atoms with Crippen LogP contribution in [0.3, 0.4) is 0 Å². The second-order valence-electron chi connectivity index (χ2n) is 8.19. The Bertz CT molecular complexity index is 794. The molecule has 3 amide bonds. The van der Waals surface area contributed by atoms with Gasteiger partial charge in [-0.3, -0.25) is 24.6 Å². The van der Waals surface area contributed by atoms with E-state index in [9.17, 15) is 14.4 Å². The molecule has 3 aliphatic rings. The van der Waals surface area contributed by atoms with Gasteiger partial charge in [0.05, 0.1) is 0 Å². The maximum Gasteiger partial charge on any atom is 0.255 e. The molecule has 1 aromatic rings. The number of hydrogen-bond acceptors (Lipinski definition) is 5. The molecule has 0 aromatic heterocycles. The molecule has 2 fully saturated rings. The van der Waals surface area contributed by atoms with Crippen molar-refractivity contribution in [2.45, 2.75) is 63.7 Å². The van der Waals surface area contributed by atoms with Crippen molar-refractivity contribution >= 4 is 17.7 Å². The third-order valence-electron chi connectivity index (χ3n) is 6.12. The van der Waals surface area contributed by atoms with Gasteiger partial charge in [0.2, 0.25) is 11.8 Å². The van der Waals surface area contributed by atoms with Crippen molar-refractivity contribution in [2.24, 2.45) is 5.73 Å². The number of piperidine rings is 1. The van der Waals surface area contributed by atoms with E-state index in [4.69, 9.17) is 5.73 Å². The number of carbonyl (C=O) groups is 3. The molecule has 4 rings (SSSR count). The molecule has 0 spiro atoms. The largest absolute Gasteiger partial charge is 0.327 e. The molecule has 28 heavy (non-hydrogen) atoms. The summed E-state index contributed by atoms with van der Waals surface area (Å²) in [4.78, 5) is 40.6. The Hall–Kier alpha value is -2.25. The molecule has 2 atom stereocenters. The Morgan fingerprint density at radius 2 is 1.96 bits per heavy atom. The summed E-state index contributed by atoms with van der Waals surface area (Å²) in [5.74, 6) is -0.746. The van der Waals surface area contributed by atoms with Crippen LogP contribution in [0.4, 0.5) is 0 Å². The molecule has 0 radical (unpaired) electrons. The van der Waals surface area contributed by atoms with E-state index >= 15 is 0 Å². The first-order valence-corrected chi connectivity index (χ1v) is 10.3. The summed E-state index contributed by atoms with van der Waals surface area (Å²) in [6.07, 6.45) is 5.30. The zero-order valence-electron chi connectivity index (χ0n) is 16.2. The molecule has 2 unspecified atom stereocenters. The zero-order chi connectivity index (χ0) is 19.7. The normalized spacial score (nSPS) is 26.6. The zero-order valence-corrected chi connectivity index (χ0v) is 16.2. The highest BCUT2D eigenvalue weighted by molar-refractivity contribution is 6.05. The van der Waals surface area contributed by atoms with Crippen molar-refractivity contribution in [2.75, 3.05) is 13.1 Å². The van der Waals surface area contributed by atoms with Crippen LogP contribution in [0, 0.1) is 0 Å². The van der Waals surface area contributed by atoms with E-state index < -0.39 is 6.04 Å². The lowest BCUT2D eigenvalue weighted by molar-refractivity contribution is -0.136. The van der Waals surface area contributed by atoms with Crippen molar-refractivity contribution in [1.29, 1.82) is 0 Å². The first kappa shape index (κ1) is 19.1. The third kappa shape index (κ3) is 3.82. The van der Waals surface area contributed by atoms with Crippen molar-refractivity contribution < 1.29 is 14.4 Å². The highest BCUT2D eigenvalue weighted by Gasteiger charge is 2.39. The molecule has 7 nitrogen and oxygen atoms in total. The van der Waals surface area contributed by atoms with Gasteiger partial charge in [0, 0.05) is 37.7 Å². The Morgan fingerprint density at radius 1 is 1.11 bits per heavy atom. The van der Waals surface area contributed by atoms with Gasteiger partial charge in [-0.2, -0.15) is 0 Å². The van der Waals surface area contributed by atoms with Gasteiger partial charge in [-0.15, -0.1) is 0 Å². The van der Waals surface area contributed by atoms with Crippen molar-refractivity contribution in [1.82, 2.24) is 15.1 Å². The van der Waals surface area contributed by atoms with E-state index in [0.717, 1.165) is 37.2 Å². The SMILES string of the molecule is NC1CCCCCN(Cc2cccc3c2CN(C2CCC(=O)NC2=O)C3=O)C1. The van der Waals surface area contributed by atoms with Crippen molar-refractivity contribution in [3.8, 4) is 0 Å². The molecule has 0 saturated carbocycles. The Morgan fingerprint density at radius 3 is 2.79 bits per heavy atom. The topological polar surface area (TPSA) is 95.7 Å². The maximum absolute atomic E-state index is 12.9. The predicted molar refractivity (Wildman–Crippen MR) is 104 cm³/mol. The van der Waals surface area contributed by atoms with Crippen LogP contribution in [0.25, 0.3) is 0 Å². The average molecular weight is 384 g/mol. The quantitative estimate of drug-likeness (QED) is 0.762. The Balaban J connectivity index is 1.52. The minimum absolute atomic E-state index is 0.115. The van der Waals surface area contributed by atoms with Gasteiger partial charge in [0.1, 0.15) is 6.04 Å². The number of hydrogen-bond donors (Lipinski definition) is 2. The van der Waals surface area contributed by atoms with Crippen LogP contribution in [-0.4, -0.2) is 52.7 Å². The smallest absolute Gasteiger partial charge is 0.255 e. The van der Waals surface area contributed by atoms with Gasteiger partial charge in [-0.1, -0.05) is 25.0 Å². The standard InChI is InChI=1S/C21H28N4O3/c22-15-6-2-1-3-10-24(12-15)11-14-5-4-7-16-17(14)13-25(21(16)28)18-8-9-19(26)23-20(18)27/h4-5,7,15,18H,1-3,6,8-13,22H2,(H,23,26,27). The molecule has 2 saturated heterocycles. The number of nitrogens with one attached hydrogen (secondary N) is 1. The fourth-order valence-corrected chi connectivity index (χ4v) is 4.62. The molecule has 3 heterocycles. The van der Waals surface area contributed by atoms with Gasteiger partial charge >= 0.3 is 0 Å². The summed E-state index contributed by atoms with van der Waals surface area (Å²) in [6, 6.07) is 5.46. The molecule has 0 bridgehead atoms. The average Bonchev–Trinajstić information content (AvgIpc) is 2.97. The van der Waals surface area contributed by atoms with Crippen LogP contribution < -0.4 is 11.1 Å². The van der Waals surface area contributed by atoms with Crippen LogP contribution in [0.2, 0.25) is 0 Å². The van der Waals surface area contributed by atoms with E-state index in [2.05, 4.69) is 16.3 Å². The molecular weight excluding hydrogens is 356 g/mol. The number of fused-ring (bicyclic) bond motifs is 1. The number of benzene rings is 1. The Kier molecular flexibility index (Phi) is 5.46. The summed E-state index contributed by atoms with van der Waals surface area (Å²) < 4.78 is 0.